The van der Waals surface area contributed by atoms with Gasteiger partial charge in [-0.05, 0) is 66.1 Å². The van der Waals surface area contributed by atoms with E-state index in [9.17, 15) is 9.59 Å². The second kappa shape index (κ2) is 9.17. The van der Waals surface area contributed by atoms with Crippen molar-refractivity contribution in [1.82, 2.24) is 4.90 Å². The maximum absolute atomic E-state index is 13.4. The molecule has 1 aliphatic rings. The molecule has 0 radical (unpaired) electrons. The highest BCUT2D eigenvalue weighted by atomic mass is 32.1. The second-order valence-corrected chi connectivity index (χ2v) is 9.17. The van der Waals surface area contributed by atoms with Crippen LogP contribution in [0.3, 0.4) is 0 Å². The zero-order valence-electron chi connectivity index (χ0n) is 18.8. The van der Waals surface area contributed by atoms with Gasteiger partial charge in [0.05, 0.1) is 12.0 Å². The number of carbonyl (C=O) groups excluding carboxylic acids is 2. The van der Waals surface area contributed by atoms with Gasteiger partial charge in [-0.3, -0.25) is 4.79 Å². The van der Waals surface area contributed by atoms with Crippen molar-refractivity contribution < 1.29 is 19.1 Å². The molecule has 166 valence electrons. The van der Waals surface area contributed by atoms with Gasteiger partial charge in [-0.2, -0.15) is 0 Å². The van der Waals surface area contributed by atoms with Crippen molar-refractivity contribution in [3.63, 3.8) is 0 Å². The Morgan fingerprint density at radius 2 is 1.84 bits per heavy atom. The number of rotatable bonds is 5. The van der Waals surface area contributed by atoms with Crippen molar-refractivity contribution in [2.45, 2.75) is 46.4 Å². The van der Waals surface area contributed by atoms with Gasteiger partial charge < -0.3 is 14.4 Å². The van der Waals surface area contributed by atoms with E-state index >= 15 is 0 Å². The quantitative estimate of drug-likeness (QED) is 0.515. The van der Waals surface area contributed by atoms with Gasteiger partial charge in [0, 0.05) is 18.5 Å². The van der Waals surface area contributed by atoms with Gasteiger partial charge in [-0.25, -0.2) is 4.79 Å². The summed E-state index contributed by atoms with van der Waals surface area (Å²) in [6.45, 7) is 6.95. The van der Waals surface area contributed by atoms with Gasteiger partial charge in [0.2, 0.25) is 0 Å². The molecule has 0 saturated heterocycles. The first-order chi connectivity index (χ1) is 15.4. The standard InChI is InChI=1S/C26H27NO4S/c1-16-9-17(2)18(3)23(10-16)31-14-19-11-24(32-15-19)25(28)27-13-21-8-6-5-7-20(21)12-22(27)26(29)30-4/h5-11,15,22H,12-14H2,1-4H3. The van der Waals surface area contributed by atoms with Crippen LogP contribution >= 0.6 is 11.3 Å². The molecule has 1 unspecified atom stereocenters. The topological polar surface area (TPSA) is 55.8 Å². The molecule has 2 aromatic carbocycles. The zero-order valence-corrected chi connectivity index (χ0v) is 19.6. The fourth-order valence-electron chi connectivity index (χ4n) is 4.10. The van der Waals surface area contributed by atoms with Crippen LogP contribution in [-0.2, 0) is 29.1 Å². The molecule has 5 nitrogen and oxygen atoms in total. The number of amides is 1. The minimum Gasteiger partial charge on any atom is -0.489 e. The zero-order chi connectivity index (χ0) is 22.8. The monoisotopic (exact) mass is 449 g/mol. The summed E-state index contributed by atoms with van der Waals surface area (Å²) in [6, 6.07) is 13.3. The number of hydrogen-bond acceptors (Lipinski definition) is 5. The summed E-state index contributed by atoms with van der Waals surface area (Å²) in [6.07, 6.45) is 0.460. The smallest absolute Gasteiger partial charge is 0.328 e. The van der Waals surface area contributed by atoms with E-state index < -0.39 is 12.0 Å². The minimum atomic E-state index is -0.623. The lowest BCUT2D eigenvalue weighted by molar-refractivity contribution is -0.146. The van der Waals surface area contributed by atoms with E-state index in [2.05, 4.69) is 19.9 Å². The van der Waals surface area contributed by atoms with Gasteiger partial charge in [-0.15, -0.1) is 11.3 Å². The van der Waals surface area contributed by atoms with Gasteiger partial charge in [-0.1, -0.05) is 30.3 Å². The largest absolute Gasteiger partial charge is 0.489 e. The lowest BCUT2D eigenvalue weighted by atomic mass is 9.93. The molecule has 2 heterocycles. The van der Waals surface area contributed by atoms with Gasteiger partial charge in [0.1, 0.15) is 18.4 Å². The number of fused-ring (bicyclic) bond motifs is 1. The number of methoxy groups -OCH3 is 1. The van der Waals surface area contributed by atoms with Gasteiger partial charge in [0.25, 0.3) is 5.91 Å². The Hall–Kier alpha value is -3.12. The summed E-state index contributed by atoms with van der Waals surface area (Å²) in [4.78, 5) is 28.0. The molecule has 4 rings (SSSR count). The van der Waals surface area contributed by atoms with Crippen LogP contribution in [0, 0.1) is 20.8 Å². The number of benzene rings is 2. The Kier molecular flexibility index (Phi) is 6.33. The van der Waals surface area contributed by atoms with Crippen molar-refractivity contribution in [1.29, 1.82) is 0 Å². The Morgan fingerprint density at radius 1 is 1.09 bits per heavy atom. The molecular formula is C26H27NO4S. The second-order valence-electron chi connectivity index (χ2n) is 8.26. The average molecular weight is 450 g/mol. The Balaban J connectivity index is 1.52. The molecule has 6 heteroatoms. The van der Waals surface area contributed by atoms with Gasteiger partial charge in [0.15, 0.2) is 0 Å². The molecule has 1 aliphatic heterocycles. The van der Waals surface area contributed by atoms with Crippen molar-refractivity contribution in [3.8, 4) is 5.75 Å². The predicted octanol–water partition coefficient (Wildman–Crippen LogP) is 4.99. The number of aryl methyl sites for hydroxylation is 2. The summed E-state index contributed by atoms with van der Waals surface area (Å²) < 4.78 is 11.0. The summed E-state index contributed by atoms with van der Waals surface area (Å²) in [5.41, 5.74) is 6.55. The highest BCUT2D eigenvalue weighted by Crippen LogP contribution is 2.29. The molecule has 1 amide bonds. The molecule has 0 N–H and O–H groups in total. The first-order valence-corrected chi connectivity index (χ1v) is 11.5. The van der Waals surface area contributed by atoms with Crippen LogP contribution in [-0.4, -0.2) is 29.9 Å². The lowest BCUT2D eigenvalue weighted by Gasteiger charge is -2.34. The van der Waals surface area contributed by atoms with Crippen molar-refractivity contribution in [2.75, 3.05) is 7.11 Å². The summed E-state index contributed by atoms with van der Waals surface area (Å²) in [5.74, 6) is 0.312. The van der Waals surface area contributed by atoms with Crippen LogP contribution in [0.1, 0.15) is 43.1 Å². The predicted molar refractivity (Wildman–Crippen MR) is 125 cm³/mol. The molecular weight excluding hydrogens is 422 g/mol. The molecule has 3 aromatic rings. The minimum absolute atomic E-state index is 0.159. The van der Waals surface area contributed by atoms with E-state index in [-0.39, 0.29) is 5.91 Å². The van der Waals surface area contributed by atoms with Crippen LogP contribution in [0.5, 0.6) is 5.75 Å². The SMILES string of the molecule is COC(=O)C1Cc2ccccc2CN1C(=O)c1cc(COc2cc(C)cc(C)c2C)cs1. The lowest BCUT2D eigenvalue weighted by Crippen LogP contribution is -2.49. The van der Waals surface area contributed by atoms with Crippen LogP contribution in [0.15, 0.2) is 47.8 Å². The van der Waals surface area contributed by atoms with Crippen molar-refractivity contribution in [2.24, 2.45) is 0 Å². The fraction of sp³-hybridized carbons (Fsp3) is 0.308. The third-order valence-electron chi connectivity index (χ3n) is 6.01. The molecule has 1 atom stereocenters. The number of thiophene rings is 1. The Morgan fingerprint density at radius 3 is 2.59 bits per heavy atom. The van der Waals surface area contributed by atoms with Gasteiger partial charge >= 0.3 is 5.97 Å². The number of esters is 1. The molecule has 0 fully saturated rings. The highest BCUT2D eigenvalue weighted by molar-refractivity contribution is 7.12. The van der Waals surface area contributed by atoms with Crippen molar-refractivity contribution in [3.05, 3.63) is 86.1 Å². The number of hydrogen-bond donors (Lipinski definition) is 0. The molecule has 32 heavy (non-hydrogen) atoms. The number of carbonyl (C=O) groups is 2. The molecule has 0 aliphatic carbocycles. The summed E-state index contributed by atoms with van der Waals surface area (Å²) in [5, 5.41) is 1.94. The van der Waals surface area contributed by atoms with E-state index in [1.807, 2.05) is 48.7 Å². The van der Waals surface area contributed by atoms with E-state index in [4.69, 9.17) is 9.47 Å². The Labute approximate surface area is 192 Å². The molecule has 0 bridgehead atoms. The summed E-state index contributed by atoms with van der Waals surface area (Å²) in [7, 11) is 1.36. The van der Waals surface area contributed by atoms with Crippen LogP contribution in [0.2, 0.25) is 0 Å². The van der Waals surface area contributed by atoms with E-state index in [1.165, 1.54) is 24.0 Å². The average Bonchev–Trinajstić information content (AvgIpc) is 3.27. The first-order valence-electron chi connectivity index (χ1n) is 10.6. The maximum atomic E-state index is 13.4. The van der Waals surface area contributed by atoms with E-state index in [1.54, 1.807) is 4.90 Å². The third kappa shape index (κ3) is 4.41. The Bertz CT molecular complexity index is 1170. The normalized spacial score (nSPS) is 15.2. The summed E-state index contributed by atoms with van der Waals surface area (Å²) >= 11 is 1.38. The van der Waals surface area contributed by atoms with E-state index in [0.717, 1.165) is 33.6 Å². The van der Waals surface area contributed by atoms with Crippen molar-refractivity contribution >= 4 is 23.2 Å². The number of ether oxygens (including phenoxy) is 2. The molecule has 0 spiro atoms. The molecule has 0 saturated carbocycles. The maximum Gasteiger partial charge on any atom is 0.328 e. The van der Waals surface area contributed by atoms with E-state index in [0.29, 0.717) is 24.4 Å². The van der Waals surface area contributed by atoms with Crippen LogP contribution in [0.4, 0.5) is 0 Å². The fourth-order valence-corrected chi connectivity index (χ4v) is 4.95. The number of nitrogens with zero attached hydrogens (tertiary/aromatic N) is 1. The first kappa shape index (κ1) is 22.1. The highest BCUT2D eigenvalue weighted by Gasteiger charge is 2.36. The van der Waals surface area contributed by atoms with Crippen LogP contribution < -0.4 is 4.74 Å². The van der Waals surface area contributed by atoms with Crippen LogP contribution in [0.25, 0.3) is 0 Å². The molecule has 1 aromatic heterocycles. The third-order valence-corrected chi connectivity index (χ3v) is 6.97.